The number of nitrogens with zero attached hydrogens (tertiary/aromatic N) is 1. The molecule has 0 saturated heterocycles. The van der Waals surface area contributed by atoms with E-state index in [1.54, 1.807) is 0 Å². The molecule has 1 atom stereocenters. The quantitative estimate of drug-likeness (QED) is 0.712. The number of imide groups is 1. The Bertz CT molecular complexity index is 926. The third-order valence-corrected chi connectivity index (χ3v) is 4.92. The first-order valence-electron chi connectivity index (χ1n) is 9.29. The van der Waals surface area contributed by atoms with Crippen molar-refractivity contribution in [1.29, 1.82) is 0 Å². The van der Waals surface area contributed by atoms with Crippen molar-refractivity contribution < 1.29 is 19.5 Å². The van der Waals surface area contributed by atoms with E-state index < -0.39 is 17.9 Å². The Morgan fingerprint density at radius 2 is 1.71 bits per heavy atom. The number of para-hydroxylation sites is 2. The van der Waals surface area contributed by atoms with E-state index in [0.29, 0.717) is 0 Å². The zero-order chi connectivity index (χ0) is 20.3. The normalized spacial score (nSPS) is 15.3. The first-order valence-corrected chi connectivity index (χ1v) is 9.29. The minimum atomic E-state index is -1.43. The molecule has 7 nitrogen and oxygen atoms in total. The van der Waals surface area contributed by atoms with Gasteiger partial charge in [0, 0.05) is 6.42 Å². The van der Waals surface area contributed by atoms with Crippen molar-refractivity contribution in [1.82, 2.24) is 5.32 Å². The van der Waals surface area contributed by atoms with E-state index in [1.165, 1.54) is 5.01 Å². The Morgan fingerprint density at radius 3 is 2.39 bits per heavy atom. The van der Waals surface area contributed by atoms with Gasteiger partial charge in [-0.3, -0.25) is 20.3 Å². The summed E-state index contributed by atoms with van der Waals surface area (Å²) in [6.07, 6.45) is -0.126. The molecule has 3 N–H and O–H groups in total. The van der Waals surface area contributed by atoms with E-state index in [9.17, 15) is 14.4 Å². The van der Waals surface area contributed by atoms with Crippen LogP contribution in [0.1, 0.15) is 42.9 Å². The van der Waals surface area contributed by atoms with Gasteiger partial charge in [-0.25, -0.2) is 9.80 Å². The van der Waals surface area contributed by atoms with Crippen LogP contribution in [0.2, 0.25) is 0 Å². The summed E-state index contributed by atoms with van der Waals surface area (Å²) in [6.45, 7) is 4.04. The SMILES string of the molecule is CCc1ccccc1NN1C(=O)C(CC(=O)NC(=O)O)c2cccc(CC)c21. The highest BCUT2D eigenvalue weighted by molar-refractivity contribution is 6.09. The Morgan fingerprint density at radius 1 is 1.04 bits per heavy atom. The summed E-state index contributed by atoms with van der Waals surface area (Å²) in [4.78, 5) is 35.9. The van der Waals surface area contributed by atoms with Gasteiger partial charge >= 0.3 is 6.09 Å². The number of aryl methyl sites for hydroxylation is 2. The predicted octanol–water partition coefficient (Wildman–Crippen LogP) is 3.45. The molecule has 7 heteroatoms. The number of amides is 3. The number of carbonyl (C=O) groups is 3. The van der Waals surface area contributed by atoms with Crippen molar-refractivity contribution in [2.24, 2.45) is 0 Å². The fourth-order valence-electron chi connectivity index (χ4n) is 3.57. The van der Waals surface area contributed by atoms with Crippen molar-refractivity contribution in [3.8, 4) is 0 Å². The third-order valence-electron chi connectivity index (χ3n) is 4.92. The molecule has 0 aliphatic carbocycles. The van der Waals surface area contributed by atoms with Crippen molar-refractivity contribution >= 4 is 29.3 Å². The summed E-state index contributed by atoms with van der Waals surface area (Å²) in [5, 5.41) is 12.1. The molecule has 0 bridgehead atoms. The molecule has 2 aromatic carbocycles. The first-order chi connectivity index (χ1) is 13.5. The first kappa shape index (κ1) is 19.4. The van der Waals surface area contributed by atoms with Crippen LogP contribution >= 0.6 is 0 Å². The number of carboxylic acid groups (broad SMARTS) is 1. The predicted molar refractivity (Wildman–Crippen MR) is 106 cm³/mol. The molecular weight excluding hydrogens is 358 g/mol. The molecule has 0 spiro atoms. The summed E-state index contributed by atoms with van der Waals surface area (Å²) < 4.78 is 0. The van der Waals surface area contributed by atoms with Crippen LogP contribution < -0.4 is 15.8 Å². The Balaban J connectivity index is 1.99. The highest BCUT2D eigenvalue weighted by atomic mass is 16.4. The molecule has 3 amide bonds. The second-order valence-corrected chi connectivity index (χ2v) is 6.61. The fraction of sp³-hybridized carbons (Fsp3) is 0.286. The second kappa shape index (κ2) is 8.12. The summed E-state index contributed by atoms with van der Waals surface area (Å²) in [5.74, 6) is -1.71. The molecule has 0 radical (unpaired) electrons. The third kappa shape index (κ3) is 3.69. The number of hydrogen-bond acceptors (Lipinski definition) is 4. The van der Waals surface area contributed by atoms with Gasteiger partial charge in [0.1, 0.15) is 0 Å². The van der Waals surface area contributed by atoms with E-state index in [-0.39, 0.29) is 12.3 Å². The van der Waals surface area contributed by atoms with Gasteiger partial charge in [-0.1, -0.05) is 50.2 Å². The second-order valence-electron chi connectivity index (χ2n) is 6.61. The molecule has 0 saturated carbocycles. The molecule has 1 aliphatic rings. The summed E-state index contributed by atoms with van der Waals surface area (Å²) in [5.41, 5.74) is 7.57. The Kier molecular flexibility index (Phi) is 5.63. The molecule has 0 aromatic heterocycles. The van der Waals surface area contributed by atoms with Crippen molar-refractivity contribution in [2.45, 2.75) is 39.0 Å². The van der Waals surface area contributed by atoms with Gasteiger partial charge in [-0.15, -0.1) is 0 Å². The van der Waals surface area contributed by atoms with Gasteiger partial charge in [0.25, 0.3) is 5.91 Å². The Hall–Kier alpha value is -3.35. The molecule has 2 aromatic rings. The van der Waals surface area contributed by atoms with Crippen molar-refractivity contribution in [3.63, 3.8) is 0 Å². The number of rotatable bonds is 6. The summed E-state index contributed by atoms with van der Waals surface area (Å²) >= 11 is 0. The van der Waals surface area contributed by atoms with Gasteiger partial charge in [-0.05, 0) is 35.6 Å². The molecule has 28 heavy (non-hydrogen) atoms. The average Bonchev–Trinajstić information content (AvgIpc) is 2.93. The molecule has 1 aliphatic heterocycles. The lowest BCUT2D eigenvalue weighted by Gasteiger charge is -2.23. The highest BCUT2D eigenvalue weighted by Crippen LogP contribution is 2.42. The number of benzene rings is 2. The number of fused-ring (bicyclic) bond motifs is 1. The van der Waals surface area contributed by atoms with Gasteiger partial charge in [0.05, 0.1) is 17.3 Å². The maximum atomic E-state index is 13.2. The van der Waals surface area contributed by atoms with Gasteiger partial charge in [-0.2, -0.15) is 0 Å². The number of anilines is 2. The topological polar surface area (TPSA) is 98.7 Å². The zero-order valence-corrected chi connectivity index (χ0v) is 15.9. The van der Waals surface area contributed by atoms with E-state index in [0.717, 1.165) is 40.9 Å². The molecule has 1 unspecified atom stereocenters. The minimum Gasteiger partial charge on any atom is -0.465 e. The van der Waals surface area contributed by atoms with Crippen LogP contribution in [-0.2, 0) is 22.4 Å². The summed E-state index contributed by atoms with van der Waals surface area (Å²) in [6, 6.07) is 13.4. The van der Waals surface area contributed by atoms with Crippen LogP contribution in [0.3, 0.4) is 0 Å². The number of carbonyl (C=O) groups excluding carboxylic acids is 2. The van der Waals surface area contributed by atoms with Crippen LogP contribution in [0, 0.1) is 0 Å². The van der Waals surface area contributed by atoms with E-state index in [4.69, 9.17) is 5.11 Å². The number of nitrogens with one attached hydrogen (secondary N) is 2. The summed E-state index contributed by atoms with van der Waals surface area (Å²) in [7, 11) is 0. The van der Waals surface area contributed by atoms with Crippen LogP contribution in [0.5, 0.6) is 0 Å². The Labute approximate surface area is 163 Å². The van der Waals surface area contributed by atoms with Crippen molar-refractivity contribution in [3.05, 3.63) is 59.2 Å². The minimum absolute atomic E-state index is 0.223. The molecule has 3 rings (SSSR count). The molecule has 146 valence electrons. The lowest BCUT2D eigenvalue weighted by molar-refractivity contribution is -0.125. The molecule has 0 fully saturated rings. The van der Waals surface area contributed by atoms with E-state index >= 15 is 0 Å². The highest BCUT2D eigenvalue weighted by Gasteiger charge is 2.40. The lowest BCUT2D eigenvalue weighted by atomic mass is 9.95. The molecular formula is C21H23N3O4. The fourth-order valence-corrected chi connectivity index (χ4v) is 3.57. The van der Waals surface area contributed by atoms with Crippen LogP contribution in [0.4, 0.5) is 16.2 Å². The smallest absolute Gasteiger partial charge is 0.411 e. The largest absolute Gasteiger partial charge is 0.465 e. The average molecular weight is 381 g/mol. The van der Waals surface area contributed by atoms with Crippen LogP contribution in [0.15, 0.2) is 42.5 Å². The van der Waals surface area contributed by atoms with Crippen LogP contribution in [-0.4, -0.2) is 23.0 Å². The standard InChI is InChI=1S/C21H23N3O4/c1-3-13-8-5-6-11-17(13)23-24-19-14(4-2)9-7-10-15(19)16(20(24)26)12-18(25)22-21(27)28/h5-11,16,23H,3-4,12H2,1-2H3,(H,22,25)(H,27,28). The monoisotopic (exact) mass is 381 g/mol. The number of hydrogen-bond donors (Lipinski definition) is 3. The van der Waals surface area contributed by atoms with Gasteiger partial charge in [0.15, 0.2) is 0 Å². The van der Waals surface area contributed by atoms with Crippen molar-refractivity contribution in [2.75, 3.05) is 10.4 Å². The zero-order valence-electron chi connectivity index (χ0n) is 15.9. The van der Waals surface area contributed by atoms with Gasteiger partial charge < -0.3 is 5.11 Å². The van der Waals surface area contributed by atoms with E-state index in [2.05, 4.69) is 5.43 Å². The van der Waals surface area contributed by atoms with Crippen LogP contribution in [0.25, 0.3) is 0 Å². The molecule has 1 heterocycles. The lowest BCUT2D eigenvalue weighted by Crippen LogP contribution is -2.37. The maximum absolute atomic E-state index is 13.2. The van der Waals surface area contributed by atoms with E-state index in [1.807, 2.05) is 61.6 Å². The maximum Gasteiger partial charge on any atom is 0.411 e. The number of hydrazine groups is 1. The van der Waals surface area contributed by atoms with Gasteiger partial charge in [0.2, 0.25) is 5.91 Å².